The maximum atomic E-state index is 12.8. The van der Waals surface area contributed by atoms with Crippen molar-refractivity contribution in [3.8, 4) is 0 Å². The lowest BCUT2D eigenvalue weighted by molar-refractivity contribution is -0.141. The zero-order valence-electron chi connectivity index (χ0n) is 16.1. The molecule has 0 aromatic rings. The minimum atomic E-state index is -1.07. The number of carbonyl (C=O) groups excluding carboxylic acids is 5. The van der Waals surface area contributed by atoms with Crippen molar-refractivity contribution in [2.45, 2.75) is 57.5 Å². The summed E-state index contributed by atoms with van der Waals surface area (Å²) in [7, 11) is 0. The molecule has 4 amide bonds. The highest BCUT2D eigenvalue weighted by molar-refractivity contribution is 6.37. The van der Waals surface area contributed by atoms with Gasteiger partial charge in [0.15, 0.2) is 0 Å². The monoisotopic (exact) mass is 392 g/mol. The number of carbonyl (C=O) groups is 5. The predicted molar refractivity (Wildman–Crippen MR) is 98.5 cm³/mol. The van der Waals surface area contributed by atoms with Gasteiger partial charge in [-0.15, -0.1) is 0 Å². The molecular weight excluding hydrogens is 364 g/mol. The van der Waals surface area contributed by atoms with E-state index in [-0.39, 0.29) is 30.2 Å². The van der Waals surface area contributed by atoms with E-state index >= 15 is 0 Å². The Morgan fingerprint density at radius 2 is 1.75 bits per heavy atom. The third-order valence-electron chi connectivity index (χ3n) is 5.64. The first kappa shape index (κ1) is 20.3. The number of amides is 4. The Hall–Kier alpha value is -2.45. The second kappa shape index (κ2) is 8.28. The third kappa shape index (κ3) is 5.08. The van der Waals surface area contributed by atoms with Crippen LogP contribution in [0.1, 0.15) is 45.4 Å². The lowest BCUT2D eigenvalue weighted by Crippen LogP contribution is -2.54. The number of nitrogens with two attached hydrogens (primary N) is 1. The average Bonchev–Trinajstić information content (AvgIpc) is 3.56. The quantitative estimate of drug-likeness (QED) is 0.436. The summed E-state index contributed by atoms with van der Waals surface area (Å²) in [6.45, 7) is 2.21. The molecule has 3 fully saturated rings. The summed E-state index contributed by atoms with van der Waals surface area (Å²) in [6.07, 6.45) is 4.48. The molecule has 0 spiro atoms. The van der Waals surface area contributed by atoms with Gasteiger partial charge in [-0.2, -0.15) is 0 Å². The molecule has 9 heteroatoms. The summed E-state index contributed by atoms with van der Waals surface area (Å²) >= 11 is 0. The molecule has 0 aromatic carbocycles. The maximum absolute atomic E-state index is 12.8. The first-order chi connectivity index (χ1) is 13.3. The van der Waals surface area contributed by atoms with Crippen LogP contribution in [0.3, 0.4) is 0 Å². The van der Waals surface area contributed by atoms with Gasteiger partial charge in [-0.1, -0.05) is 19.8 Å². The highest BCUT2D eigenvalue weighted by Crippen LogP contribution is 2.34. The number of ketones is 1. The summed E-state index contributed by atoms with van der Waals surface area (Å²) < 4.78 is 0. The van der Waals surface area contributed by atoms with Crippen LogP contribution in [0.2, 0.25) is 0 Å². The van der Waals surface area contributed by atoms with Gasteiger partial charge in [0.05, 0.1) is 12.6 Å². The van der Waals surface area contributed by atoms with Gasteiger partial charge in [-0.3, -0.25) is 24.0 Å². The molecule has 1 saturated heterocycles. The number of hydrogen-bond acceptors (Lipinski definition) is 5. The predicted octanol–water partition coefficient (Wildman–Crippen LogP) is -0.911. The number of nitrogens with one attached hydrogen (secondary N) is 2. The molecule has 3 aliphatic rings. The molecule has 2 aliphatic carbocycles. The average molecular weight is 392 g/mol. The molecule has 0 bridgehead atoms. The summed E-state index contributed by atoms with van der Waals surface area (Å²) in [5, 5.41) is 5.27. The van der Waals surface area contributed by atoms with Crippen LogP contribution < -0.4 is 16.4 Å². The Labute approximate surface area is 163 Å². The third-order valence-corrected chi connectivity index (χ3v) is 5.64. The van der Waals surface area contributed by atoms with Crippen molar-refractivity contribution in [1.82, 2.24) is 15.5 Å². The van der Waals surface area contributed by atoms with Gasteiger partial charge in [0.2, 0.25) is 23.5 Å². The maximum Gasteiger partial charge on any atom is 0.287 e. The van der Waals surface area contributed by atoms with Crippen LogP contribution in [0.15, 0.2) is 0 Å². The van der Waals surface area contributed by atoms with E-state index in [0.29, 0.717) is 25.3 Å². The van der Waals surface area contributed by atoms with Crippen LogP contribution in [0.25, 0.3) is 0 Å². The summed E-state index contributed by atoms with van der Waals surface area (Å²) in [5.41, 5.74) is 5.11. The smallest absolute Gasteiger partial charge is 0.287 e. The van der Waals surface area contributed by atoms with Crippen molar-refractivity contribution in [2.24, 2.45) is 23.5 Å². The van der Waals surface area contributed by atoms with Crippen LogP contribution in [-0.2, 0) is 24.0 Å². The van der Waals surface area contributed by atoms with E-state index in [2.05, 4.69) is 10.6 Å². The number of hydrogen-bond donors (Lipinski definition) is 3. The van der Waals surface area contributed by atoms with E-state index in [1.165, 1.54) is 4.90 Å². The molecule has 3 unspecified atom stereocenters. The lowest BCUT2D eigenvalue weighted by Gasteiger charge is -2.26. The summed E-state index contributed by atoms with van der Waals surface area (Å²) in [4.78, 5) is 61.9. The zero-order valence-corrected chi connectivity index (χ0v) is 16.1. The molecular formula is C19H28N4O5. The molecule has 3 atom stereocenters. The van der Waals surface area contributed by atoms with Crippen molar-refractivity contribution in [3.63, 3.8) is 0 Å². The molecule has 4 N–H and O–H groups in total. The van der Waals surface area contributed by atoms with E-state index in [1.807, 2.05) is 6.92 Å². The Morgan fingerprint density at radius 3 is 2.32 bits per heavy atom. The minimum Gasteiger partial charge on any atom is -0.363 e. The molecule has 0 aromatic heterocycles. The highest BCUT2D eigenvalue weighted by Gasteiger charge is 2.40. The van der Waals surface area contributed by atoms with Gasteiger partial charge in [-0.05, 0) is 37.5 Å². The zero-order chi connectivity index (χ0) is 20.4. The van der Waals surface area contributed by atoms with Crippen molar-refractivity contribution in [2.75, 3.05) is 13.1 Å². The molecule has 1 aliphatic heterocycles. The second-order valence-corrected chi connectivity index (χ2v) is 8.36. The van der Waals surface area contributed by atoms with Gasteiger partial charge >= 0.3 is 0 Å². The van der Waals surface area contributed by atoms with Crippen LogP contribution in [0.4, 0.5) is 0 Å². The van der Waals surface area contributed by atoms with Crippen LogP contribution in [0.5, 0.6) is 0 Å². The van der Waals surface area contributed by atoms with E-state index in [4.69, 9.17) is 5.73 Å². The van der Waals surface area contributed by atoms with Crippen molar-refractivity contribution >= 4 is 29.4 Å². The Balaban J connectivity index is 1.60. The summed E-state index contributed by atoms with van der Waals surface area (Å²) in [6, 6.07) is -1.66. The number of nitrogens with zero attached hydrogens (tertiary/aromatic N) is 1. The van der Waals surface area contributed by atoms with Crippen LogP contribution >= 0.6 is 0 Å². The minimum absolute atomic E-state index is 0.00684. The molecule has 1 heterocycles. The van der Waals surface area contributed by atoms with E-state index < -0.39 is 29.7 Å². The molecule has 2 saturated carbocycles. The van der Waals surface area contributed by atoms with Crippen molar-refractivity contribution in [3.05, 3.63) is 0 Å². The number of rotatable bonds is 9. The van der Waals surface area contributed by atoms with Gasteiger partial charge < -0.3 is 21.3 Å². The van der Waals surface area contributed by atoms with Crippen LogP contribution in [-0.4, -0.2) is 59.5 Å². The van der Waals surface area contributed by atoms with E-state index in [9.17, 15) is 24.0 Å². The SMILES string of the molecule is CC1CC(C(=O)NC(CC2CC2)C(=O)C(N)=O)N(C(=O)CNC(=O)C2CC2)C1. The topological polar surface area (TPSA) is 139 Å². The highest BCUT2D eigenvalue weighted by atomic mass is 16.2. The standard InChI is InChI=1S/C19H28N4O5/c1-10-6-14(23(9-10)15(24)8-21-18(27)12-4-5-12)19(28)22-13(7-11-2-3-11)16(25)17(20)26/h10-14H,2-9H2,1H3,(H2,20,26)(H,21,27)(H,22,28). The lowest BCUT2D eigenvalue weighted by atomic mass is 10.0. The molecule has 154 valence electrons. The second-order valence-electron chi connectivity index (χ2n) is 8.36. The first-order valence-electron chi connectivity index (χ1n) is 9.97. The van der Waals surface area contributed by atoms with Crippen LogP contribution in [0, 0.1) is 17.8 Å². The fourth-order valence-corrected chi connectivity index (χ4v) is 3.68. The van der Waals surface area contributed by atoms with E-state index in [1.54, 1.807) is 0 Å². The Bertz CT molecular complexity index is 686. The van der Waals surface area contributed by atoms with Crippen molar-refractivity contribution < 1.29 is 24.0 Å². The molecule has 3 rings (SSSR count). The van der Waals surface area contributed by atoms with Crippen molar-refractivity contribution in [1.29, 1.82) is 0 Å². The van der Waals surface area contributed by atoms with Gasteiger partial charge in [0, 0.05) is 12.5 Å². The Morgan fingerprint density at radius 1 is 1.07 bits per heavy atom. The fraction of sp³-hybridized carbons (Fsp3) is 0.737. The number of likely N-dealkylation sites (tertiary alicyclic amines) is 1. The summed E-state index contributed by atoms with van der Waals surface area (Å²) in [5.74, 6) is -2.34. The van der Waals surface area contributed by atoms with Gasteiger partial charge in [0.25, 0.3) is 5.91 Å². The molecule has 0 radical (unpaired) electrons. The largest absolute Gasteiger partial charge is 0.363 e. The van der Waals surface area contributed by atoms with Gasteiger partial charge in [-0.25, -0.2) is 0 Å². The van der Waals surface area contributed by atoms with E-state index in [0.717, 1.165) is 25.7 Å². The molecule has 9 nitrogen and oxygen atoms in total. The first-order valence-corrected chi connectivity index (χ1v) is 9.97. The normalized spacial score (nSPS) is 25.1. The fourth-order valence-electron chi connectivity index (χ4n) is 3.68. The Kier molecular flexibility index (Phi) is 6.00. The number of primary amides is 1. The van der Waals surface area contributed by atoms with Gasteiger partial charge in [0.1, 0.15) is 6.04 Å². The number of Topliss-reactive ketones (excluding diaryl/α,β-unsaturated/α-hetero) is 1. The molecule has 28 heavy (non-hydrogen) atoms.